The van der Waals surface area contributed by atoms with Gasteiger partial charge < -0.3 is 0 Å². The van der Waals surface area contributed by atoms with Gasteiger partial charge >= 0.3 is 0 Å². The molecular weight excluding hydrogens is 278 g/mol. The Hall–Kier alpha value is -2.15. The smallest absolute Gasteiger partial charge is 0.0647 e. The number of nitrogens with zero attached hydrogens (tertiary/aromatic N) is 1. The number of hydrogen-bond donors (Lipinski definition) is 0. The molecule has 0 aromatic heterocycles. The lowest BCUT2D eigenvalue weighted by Gasteiger charge is -2.31. The molecule has 0 N–H and O–H groups in total. The zero-order valence-corrected chi connectivity index (χ0v) is 14.4. The van der Waals surface area contributed by atoms with Crippen molar-refractivity contribution >= 4 is 5.71 Å². The fraction of sp³-hybridized carbons (Fsp3) is 0.318. The van der Waals surface area contributed by atoms with Crippen molar-refractivity contribution in [3.8, 4) is 0 Å². The average Bonchev–Trinajstić information content (AvgIpc) is 2.53. The third kappa shape index (κ3) is 3.98. The molecule has 1 heterocycles. The van der Waals surface area contributed by atoms with Crippen LogP contribution in [-0.2, 0) is 0 Å². The Kier molecular flexibility index (Phi) is 5.92. The lowest BCUT2D eigenvalue weighted by Crippen LogP contribution is -2.25. The van der Waals surface area contributed by atoms with Gasteiger partial charge in [0.1, 0.15) is 0 Å². The largest absolute Gasteiger partial charge is 0.280 e. The van der Waals surface area contributed by atoms with Crippen LogP contribution in [0.1, 0.15) is 48.8 Å². The molecule has 0 radical (unpaired) electrons. The molecule has 2 unspecified atom stereocenters. The molecule has 2 atom stereocenters. The van der Waals surface area contributed by atoms with Gasteiger partial charge in [-0.05, 0) is 50.8 Å². The minimum atomic E-state index is 0.245. The monoisotopic (exact) mass is 305 g/mol. The predicted octanol–water partition coefficient (Wildman–Crippen LogP) is 5.92. The number of aryl methyl sites for hydroxylation is 1. The standard InChI is InChI=1S/C22H27N/c1-6-9-16(4)11-14-19-18-13-12-17(5)15-20(18)21(8-3)23-22(19)10-7-2/h6-9,12-13,15,19,22H,2-4,10-11,14H2,1,5H3/b9-6-. The first-order valence-corrected chi connectivity index (χ1v) is 8.33. The van der Waals surface area contributed by atoms with Crippen molar-refractivity contribution in [3.05, 3.63) is 84.5 Å². The van der Waals surface area contributed by atoms with Crippen molar-refractivity contribution in [2.45, 2.75) is 45.1 Å². The number of allylic oxidation sites excluding steroid dienone is 4. The molecular formula is C22H27N. The van der Waals surface area contributed by atoms with Crippen LogP contribution in [0.2, 0.25) is 0 Å². The minimum Gasteiger partial charge on any atom is -0.280 e. The highest BCUT2D eigenvalue weighted by atomic mass is 14.8. The van der Waals surface area contributed by atoms with Crippen LogP contribution in [0.3, 0.4) is 0 Å². The Bertz CT molecular complexity index is 661. The molecule has 0 bridgehead atoms. The third-order valence-electron chi connectivity index (χ3n) is 4.43. The topological polar surface area (TPSA) is 12.4 Å². The van der Waals surface area contributed by atoms with Crippen LogP contribution < -0.4 is 0 Å². The van der Waals surface area contributed by atoms with Crippen molar-refractivity contribution in [1.29, 1.82) is 0 Å². The molecule has 0 saturated heterocycles. The first-order chi connectivity index (χ1) is 11.1. The molecule has 0 amide bonds. The van der Waals surface area contributed by atoms with Crippen molar-refractivity contribution in [2.24, 2.45) is 4.99 Å². The van der Waals surface area contributed by atoms with E-state index in [9.17, 15) is 0 Å². The fourth-order valence-electron chi connectivity index (χ4n) is 3.32. The summed E-state index contributed by atoms with van der Waals surface area (Å²) in [6, 6.07) is 6.94. The van der Waals surface area contributed by atoms with Crippen LogP contribution in [0, 0.1) is 6.92 Å². The van der Waals surface area contributed by atoms with Gasteiger partial charge in [0.05, 0.1) is 11.8 Å². The van der Waals surface area contributed by atoms with Gasteiger partial charge in [0.15, 0.2) is 0 Å². The second-order valence-electron chi connectivity index (χ2n) is 6.20. The molecule has 1 aliphatic rings. The van der Waals surface area contributed by atoms with E-state index in [4.69, 9.17) is 4.99 Å². The highest BCUT2D eigenvalue weighted by Crippen LogP contribution is 2.37. The van der Waals surface area contributed by atoms with E-state index in [-0.39, 0.29) is 6.04 Å². The molecule has 120 valence electrons. The fourth-order valence-corrected chi connectivity index (χ4v) is 3.32. The molecule has 0 fully saturated rings. The Morgan fingerprint density at radius 3 is 2.74 bits per heavy atom. The van der Waals surface area contributed by atoms with E-state index in [0.29, 0.717) is 5.92 Å². The molecule has 1 aliphatic heterocycles. The highest BCUT2D eigenvalue weighted by molar-refractivity contribution is 6.10. The van der Waals surface area contributed by atoms with Crippen LogP contribution in [0.5, 0.6) is 0 Å². The summed E-state index contributed by atoms with van der Waals surface area (Å²) < 4.78 is 0. The summed E-state index contributed by atoms with van der Waals surface area (Å²) in [7, 11) is 0. The summed E-state index contributed by atoms with van der Waals surface area (Å²) in [5, 5.41) is 0. The van der Waals surface area contributed by atoms with Gasteiger partial charge in [-0.2, -0.15) is 0 Å². The Morgan fingerprint density at radius 1 is 1.30 bits per heavy atom. The number of hydrogen-bond acceptors (Lipinski definition) is 1. The molecule has 23 heavy (non-hydrogen) atoms. The second kappa shape index (κ2) is 7.92. The van der Waals surface area contributed by atoms with Gasteiger partial charge in [0, 0.05) is 11.5 Å². The van der Waals surface area contributed by atoms with Crippen LogP contribution in [0.25, 0.3) is 0 Å². The van der Waals surface area contributed by atoms with E-state index in [1.165, 1.54) is 22.3 Å². The molecule has 0 saturated carbocycles. The van der Waals surface area contributed by atoms with Crippen LogP contribution >= 0.6 is 0 Å². The Labute approximate surface area is 140 Å². The Morgan fingerprint density at radius 2 is 2.09 bits per heavy atom. The van der Waals surface area contributed by atoms with Crippen molar-refractivity contribution in [3.63, 3.8) is 0 Å². The molecule has 1 aromatic carbocycles. The van der Waals surface area contributed by atoms with E-state index in [0.717, 1.165) is 25.0 Å². The summed E-state index contributed by atoms with van der Waals surface area (Å²) in [6.45, 7) is 16.2. The zero-order chi connectivity index (χ0) is 16.8. The molecule has 1 nitrogen and oxygen atoms in total. The summed E-state index contributed by atoms with van der Waals surface area (Å²) >= 11 is 0. The zero-order valence-electron chi connectivity index (χ0n) is 14.4. The van der Waals surface area contributed by atoms with Crippen molar-refractivity contribution in [1.82, 2.24) is 0 Å². The van der Waals surface area contributed by atoms with E-state index >= 15 is 0 Å². The van der Waals surface area contributed by atoms with Gasteiger partial charge in [-0.1, -0.05) is 54.7 Å². The molecule has 1 aromatic rings. The van der Waals surface area contributed by atoms with Crippen molar-refractivity contribution < 1.29 is 0 Å². The van der Waals surface area contributed by atoms with Gasteiger partial charge in [0.2, 0.25) is 0 Å². The van der Waals surface area contributed by atoms with Crippen LogP contribution in [-0.4, -0.2) is 11.8 Å². The average molecular weight is 305 g/mol. The summed E-state index contributed by atoms with van der Waals surface area (Å²) in [5.74, 6) is 0.411. The number of rotatable bonds is 7. The van der Waals surface area contributed by atoms with E-state index < -0.39 is 0 Å². The van der Waals surface area contributed by atoms with E-state index in [1.54, 1.807) is 0 Å². The number of fused-ring (bicyclic) bond motifs is 1. The van der Waals surface area contributed by atoms with E-state index in [2.05, 4.69) is 57.0 Å². The summed E-state index contributed by atoms with van der Waals surface area (Å²) in [4.78, 5) is 4.96. The maximum atomic E-state index is 4.96. The van der Waals surface area contributed by atoms with E-state index in [1.807, 2.05) is 19.1 Å². The minimum absolute atomic E-state index is 0.245. The quantitative estimate of drug-likeness (QED) is 0.437. The molecule has 0 aliphatic carbocycles. The number of benzene rings is 1. The van der Waals surface area contributed by atoms with Gasteiger partial charge in [0.25, 0.3) is 0 Å². The van der Waals surface area contributed by atoms with Gasteiger partial charge in [-0.15, -0.1) is 6.58 Å². The lowest BCUT2D eigenvalue weighted by atomic mass is 9.79. The maximum Gasteiger partial charge on any atom is 0.0647 e. The summed E-state index contributed by atoms with van der Waals surface area (Å²) in [5.41, 5.74) is 6.08. The van der Waals surface area contributed by atoms with Gasteiger partial charge in [-0.3, -0.25) is 4.99 Å². The SMILES string of the molecule is C=CCC1N=C(C=C)c2cc(C)ccc2C1CCC(=C)/C=C\C. The maximum absolute atomic E-state index is 4.96. The number of aliphatic imine (C=N–C) groups is 1. The summed E-state index contributed by atoms with van der Waals surface area (Å²) in [6.07, 6.45) is 11.0. The first kappa shape index (κ1) is 17.2. The predicted molar refractivity (Wildman–Crippen MR) is 102 cm³/mol. The molecule has 2 rings (SSSR count). The third-order valence-corrected chi connectivity index (χ3v) is 4.43. The Balaban J connectivity index is 2.37. The van der Waals surface area contributed by atoms with Crippen molar-refractivity contribution in [2.75, 3.05) is 0 Å². The van der Waals surface area contributed by atoms with Crippen LogP contribution in [0.4, 0.5) is 0 Å². The molecule has 0 spiro atoms. The lowest BCUT2D eigenvalue weighted by molar-refractivity contribution is 0.499. The molecule has 1 heteroatoms. The normalized spacial score (nSPS) is 20.0. The highest BCUT2D eigenvalue weighted by Gasteiger charge is 2.29. The van der Waals surface area contributed by atoms with Crippen LogP contribution in [0.15, 0.2) is 72.8 Å². The second-order valence-corrected chi connectivity index (χ2v) is 6.20. The van der Waals surface area contributed by atoms with Gasteiger partial charge in [-0.25, -0.2) is 0 Å². The first-order valence-electron chi connectivity index (χ1n) is 8.33.